The molecule has 2 aromatic rings. The van der Waals surface area contributed by atoms with Crippen molar-refractivity contribution in [1.29, 1.82) is 0 Å². The second kappa shape index (κ2) is 7.97. The van der Waals surface area contributed by atoms with Crippen LogP contribution in [0.15, 0.2) is 48.5 Å². The minimum absolute atomic E-state index is 0.0217. The SMILES string of the molecule is CC[C@H](NC(=O)OCC1c2ccccc2-c2ccccc21)C(=O)N1CC2CC1C2C(=O)O. The summed E-state index contributed by atoms with van der Waals surface area (Å²) in [6, 6.07) is 15.2. The Hall–Kier alpha value is -3.35. The van der Waals surface area contributed by atoms with E-state index in [-0.39, 0.29) is 30.4 Å². The molecule has 2 aromatic carbocycles. The highest BCUT2D eigenvalue weighted by Crippen LogP contribution is 2.47. The van der Waals surface area contributed by atoms with Crippen molar-refractivity contribution in [3.05, 3.63) is 59.7 Å². The van der Waals surface area contributed by atoms with E-state index in [1.807, 2.05) is 31.2 Å². The Kier molecular flexibility index (Phi) is 5.12. The van der Waals surface area contributed by atoms with Gasteiger partial charge in [0.2, 0.25) is 5.91 Å². The lowest BCUT2D eigenvalue weighted by atomic mass is 9.74. The van der Waals surface area contributed by atoms with Gasteiger partial charge in [-0.05, 0) is 41.0 Å². The third-order valence-corrected chi connectivity index (χ3v) is 7.21. The molecular formula is C25H26N2O5. The maximum absolute atomic E-state index is 13.0. The van der Waals surface area contributed by atoms with Gasteiger partial charge >= 0.3 is 12.1 Å². The van der Waals surface area contributed by atoms with Crippen molar-refractivity contribution in [3.8, 4) is 11.1 Å². The lowest BCUT2D eigenvalue weighted by Gasteiger charge is -2.34. The second-order valence-electron chi connectivity index (χ2n) is 8.85. The number of carbonyl (C=O) groups is 3. The van der Waals surface area contributed by atoms with Crippen LogP contribution >= 0.6 is 0 Å². The van der Waals surface area contributed by atoms with E-state index in [1.165, 1.54) is 0 Å². The molecule has 0 radical (unpaired) electrons. The molecule has 6 rings (SSSR count). The van der Waals surface area contributed by atoms with E-state index < -0.39 is 24.0 Å². The van der Waals surface area contributed by atoms with Crippen molar-refractivity contribution in [1.82, 2.24) is 10.2 Å². The first-order valence-electron chi connectivity index (χ1n) is 11.1. The lowest BCUT2D eigenvalue weighted by Crippen LogP contribution is -2.51. The first kappa shape index (κ1) is 20.5. The Morgan fingerprint density at radius 3 is 2.28 bits per heavy atom. The molecule has 2 saturated heterocycles. The second-order valence-corrected chi connectivity index (χ2v) is 8.85. The topological polar surface area (TPSA) is 95.9 Å². The molecule has 2 aliphatic heterocycles. The minimum Gasteiger partial charge on any atom is -0.481 e. The van der Waals surface area contributed by atoms with Crippen molar-refractivity contribution in [2.45, 2.75) is 37.8 Å². The summed E-state index contributed by atoms with van der Waals surface area (Å²) in [5.41, 5.74) is 4.56. The largest absolute Gasteiger partial charge is 0.481 e. The minimum atomic E-state index is -0.848. The van der Waals surface area contributed by atoms with Crippen LogP contribution in [0.3, 0.4) is 0 Å². The van der Waals surface area contributed by atoms with Gasteiger partial charge in [-0.25, -0.2) is 4.79 Å². The highest BCUT2D eigenvalue weighted by molar-refractivity contribution is 5.88. The number of nitrogens with one attached hydrogen (secondary N) is 1. The van der Waals surface area contributed by atoms with Crippen molar-refractivity contribution < 1.29 is 24.2 Å². The molecule has 2 N–H and O–H groups in total. The van der Waals surface area contributed by atoms with Crippen LogP contribution < -0.4 is 5.32 Å². The van der Waals surface area contributed by atoms with Crippen LogP contribution in [0, 0.1) is 11.8 Å². The number of hydrogen-bond donors (Lipinski definition) is 2. The van der Waals surface area contributed by atoms with Crippen LogP contribution in [0.1, 0.15) is 36.8 Å². The predicted octanol–water partition coefficient (Wildman–Crippen LogP) is 3.24. The molecule has 7 nitrogen and oxygen atoms in total. The highest BCUT2D eigenvalue weighted by Gasteiger charge is 2.57. The summed E-state index contributed by atoms with van der Waals surface area (Å²) in [6.07, 6.45) is 0.507. The number of benzene rings is 2. The Morgan fingerprint density at radius 2 is 1.72 bits per heavy atom. The number of amides is 2. The number of alkyl carbamates (subject to hydrolysis) is 1. The molecule has 3 fully saturated rings. The normalized spacial score (nSPS) is 23.7. The van der Waals surface area contributed by atoms with Crippen molar-refractivity contribution >= 4 is 18.0 Å². The maximum atomic E-state index is 13.0. The third-order valence-electron chi connectivity index (χ3n) is 7.21. The standard InChI is InChI=1S/C25H26N2O5/c1-2-20(23(28)27-12-14-11-21(27)22(14)24(29)30)26-25(31)32-13-19-17-9-5-3-7-15(17)16-8-4-6-10-18(16)19/h3-10,14,19-22H,2,11-13H2,1H3,(H,26,31)(H,29,30)/t14?,20-,21?,22?/m0/s1. The summed E-state index contributed by atoms with van der Waals surface area (Å²) < 4.78 is 5.57. The van der Waals surface area contributed by atoms with Crippen LogP contribution in [-0.2, 0) is 14.3 Å². The average Bonchev–Trinajstić information content (AvgIpc) is 3.46. The molecule has 2 aliphatic carbocycles. The van der Waals surface area contributed by atoms with Crippen LogP contribution in [0.2, 0.25) is 0 Å². The van der Waals surface area contributed by atoms with Crippen LogP contribution in [0.25, 0.3) is 11.1 Å². The highest BCUT2D eigenvalue weighted by atomic mass is 16.5. The molecule has 0 aromatic heterocycles. The van der Waals surface area contributed by atoms with Gasteiger partial charge in [-0.15, -0.1) is 0 Å². The molecule has 2 bridgehead atoms. The summed E-state index contributed by atoms with van der Waals surface area (Å²) in [7, 11) is 0. The third kappa shape index (κ3) is 3.23. The number of nitrogens with zero attached hydrogens (tertiary/aromatic N) is 1. The number of hydrogen-bond acceptors (Lipinski definition) is 4. The van der Waals surface area contributed by atoms with Gasteiger partial charge in [-0.2, -0.15) is 0 Å². The fourth-order valence-electron chi connectivity index (χ4n) is 5.56. The molecule has 0 spiro atoms. The van der Waals surface area contributed by atoms with E-state index in [0.717, 1.165) is 28.7 Å². The van der Waals surface area contributed by atoms with E-state index >= 15 is 0 Å². The molecule has 7 heteroatoms. The van der Waals surface area contributed by atoms with E-state index in [9.17, 15) is 19.5 Å². The Morgan fingerprint density at radius 1 is 1.09 bits per heavy atom. The molecule has 32 heavy (non-hydrogen) atoms. The summed E-state index contributed by atoms with van der Waals surface area (Å²) in [5, 5.41) is 12.0. The molecule has 2 heterocycles. The number of carbonyl (C=O) groups excluding carboxylic acids is 2. The smallest absolute Gasteiger partial charge is 0.407 e. The van der Waals surface area contributed by atoms with Gasteiger partial charge in [0.15, 0.2) is 0 Å². The number of fused-ring (bicyclic) bond motifs is 4. The van der Waals surface area contributed by atoms with Gasteiger partial charge in [0.1, 0.15) is 12.6 Å². The molecule has 3 unspecified atom stereocenters. The van der Waals surface area contributed by atoms with Gasteiger partial charge in [-0.3, -0.25) is 9.59 Å². The van der Waals surface area contributed by atoms with E-state index in [1.54, 1.807) is 4.90 Å². The Balaban J connectivity index is 1.22. The Labute approximate surface area is 186 Å². The monoisotopic (exact) mass is 434 g/mol. The fraction of sp³-hybridized carbons (Fsp3) is 0.400. The zero-order valence-corrected chi connectivity index (χ0v) is 17.9. The summed E-state index contributed by atoms with van der Waals surface area (Å²) in [5.74, 6) is -1.58. The van der Waals surface area contributed by atoms with E-state index in [4.69, 9.17) is 4.74 Å². The van der Waals surface area contributed by atoms with Crippen LogP contribution in [-0.4, -0.2) is 53.2 Å². The fourth-order valence-corrected chi connectivity index (χ4v) is 5.56. The van der Waals surface area contributed by atoms with Crippen LogP contribution in [0.4, 0.5) is 4.79 Å². The van der Waals surface area contributed by atoms with Gasteiger partial charge < -0.3 is 20.1 Å². The first-order chi connectivity index (χ1) is 15.5. The molecule has 166 valence electrons. The van der Waals surface area contributed by atoms with Gasteiger partial charge in [0.05, 0.1) is 5.92 Å². The summed E-state index contributed by atoms with van der Waals surface area (Å²) in [4.78, 5) is 38.6. The first-order valence-corrected chi connectivity index (χ1v) is 11.1. The molecule has 4 aliphatic rings. The molecule has 2 amide bonds. The summed E-state index contributed by atoms with van der Waals surface area (Å²) in [6.45, 7) is 2.45. The van der Waals surface area contributed by atoms with Crippen molar-refractivity contribution in [3.63, 3.8) is 0 Å². The lowest BCUT2D eigenvalue weighted by molar-refractivity contribution is -0.148. The number of ether oxygens (including phenoxy) is 1. The van der Waals surface area contributed by atoms with E-state index in [0.29, 0.717) is 13.0 Å². The quantitative estimate of drug-likeness (QED) is 0.728. The Bertz CT molecular complexity index is 1040. The molecule has 1 saturated carbocycles. The number of aliphatic carboxylic acids is 1. The number of rotatable bonds is 6. The van der Waals surface area contributed by atoms with Gasteiger partial charge in [-0.1, -0.05) is 55.5 Å². The van der Waals surface area contributed by atoms with Crippen LogP contribution in [0.5, 0.6) is 0 Å². The number of carboxylic acid groups (broad SMARTS) is 1. The number of carboxylic acids is 1. The average molecular weight is 434 g/mol. The maximum Gasteiger partial charge on any atom is 0.407 e. The van der Waals surface area contributed by atoms with Crippen molar-refractivity contribution in [2.24, 2.45) is 11.8 Å². The molecule has 4 atom stereocenters. The molecular weight excluding hydrogens is 408 g/mol. The summed E-state index contributed by atoms with van der Waals surface area (Å²) >= 11 is 0. The zero-order chi connectivity index (χ0) is 22.4. The van der Waals surface area contributed by atoms with Gasteiger partial charge in [0.25, 0.3) is 0 Å². The zero-order valence-electron chi connectivity index (χ0n) is 17.9. The van der Waals surface area contributed by atoms with Gasteiger partial charge in [0, 0.05) is 18.5 Å². The van der Waals surface area contributed by atoms with Crippen molar-refractivity contribution in [2.75, 3.05) is 13.2 Å². The van der Waals surface area contributed by atoms with E-state index in [2.05, 4.69) is 29.6 Å². The predicted molar refractivity (Wildman–Crippen MR) is 117 cm³/mol.